The molecular weight excluding hydrogens is 432 g/mol. The fraction of sp³-hybridized carbons (Fsp3) is 0.227. The number of nitrogens with one attached hydrogen (secondary N) is 1. The molecule has 0 aliphatic rings. The van der Waals surface area contributed by atoms with Crippen molar-refractivity contribution in [2.24, 2.45) is 0 Å². The van der Waals surface area contributed by atoms with Gasteiger partial charge in [-0.3, -0.25) is 4.79 Å². The highest BCUT2D eigenvalue weighted by Crippen LogP contribution is 2.29. The molecule has 0 saturated carbocycles. The van der Waals surface area contributed by atoms with Crippen LogP contribution in [-0.2, 0) is 11.3 Å². The average molecular weight is 455 g/mol. The Bertz CT molecular complexity index is 1090. The van der Waals surface area contributed by atoms with Crippen LogP contribution in [0.5, 0.6) is 0 Å². The third-order valence-corrected chi connectivity index (χ3v) is 7.42. The van der Waals surface area contributed by atoms with Crippen molar-refractivity contribution < 1.29 is 4.79 Å². The monoisotopic (exact) mass is 454 g/mol. The Balaban J connectivity index is 1.46. The quantitative estimate of drug-likeness (QED) is 0.363. The molecule has 8 heteroatoms. The van der Waals surface area contributed by atoms with Gasteiger partial charge in [0.25, 0.3) is 0 Å². The van der Waals surface area contributed by atoms with E-state index in [1.54, 1.807) is 22.7 Å². The summed E-state index contributed by atoms with van der Waals surface area (Å²) in [7, 11) is 0. The van der Waals surface area contributed by atoms with E-state index < -0.39 is 0 Å². The molecule has 30 heavy (non-hydrogen) atoms. The molecule has 154 valence electrons. The Morgan fingerprint density at radius 3 is 2.53 bits per heavy atom. The molecule has 1 aromatic carbocycles. The highest BCUT2D eigenvalue weighted by atomic mass is 32.2. The van der Waals surface area contributed by atoms with Gasteiger partial charge in [-0.25, -0.2) is 0 Å². The van der Waals surface area contributed by atoms with Crippen LogP contribution in [0.25, 0.3) is 10.7 Å². The molecule has 3 aromatic heterocycles. The lowest BCUT2D eigenvalue weighted by atomic mass is 10.0. The van der Waals surface area contributed by atoms with Gasteiger partial charge < -0.3 is 9.88 Å². The van der Waals surface area contributed by atoms with E-state index in [2.05, 4.69) is 64.3 Å². The largest absolute Gasteiger partial charge is 0.344 e. The maximum Gasteiger partial charge on any atom is 0.231 e. The Morgan fingerprint density at radius 1 is 1.10 bits per heavy atom. The summed E-state index contributed by atoms with van der Waals surface area (Å²) in [5.41, 5.74) is 2.28. The van der Waals surface area contributed by atoms with E-state index in [1.807, 2.05) is 29.0 Å². The minimum Gasteiger partial charge on any atom is -0.344 e. The van der Waals surface area contributed by atoms with Crippen molar-refractivity contribution in [3.8, 4) is 10.7 Å². The molecule has 3 heterocycles. The molecule has 1 unspecified atom stereocenters. The van der Waals surface area contributed by atoms with Crippen LogP contribution in [0.2, 0.25) is 0 Å². The second-order valence-corrected chi connectivity index (χ2v) is 9.61. The normalized spacial score (nSPS) is 12.1. The molecule has 1 atom stereocenters. The number of rotatable bonds is 8. The minimum absolute atomic E-state index is 0.0256. The number of benzene rings is 1. The van der Waals surface area contributed by atoms with Crippen LogP contribution in [0.4, 0.5) is 0 Å². The number of thiophene rings is 2. The first-order valence-corrected chi connectivity index (χ1v) is 12.4. The lowest BCUT2D eigenvalue weighted by Gasteiger charge is -2.18. The number of nitrogens with zero attached hydrogens (tertiary/aromatic N) is 3. The zero-order valence-electron chi connectivity index (χ0n) is 16.7. The van der Waals surface area contributed by atoms with Gasteiger partial charge >= 0.3 is 0 Å². The first-order chi connectivity index (χ1) is 14.7. The summed E-state index contributed by atoms with van der Waals surface area (Å²) >= 11 is 4.71. The zero-order valence-corrected chi connectivity index (χ0v) is 19.2. The molecule has 1 amide bonds. The predicted molar refractivity (Wildman–Crippen MR) is 125 cm³/mol. The minimum atomic E-state index is -0.149. The van der Waals surface area contributed by atoms with Crippen molar-refractivity contribution in [3.05, 3.63) is 75.3 Å². The maximum absolute atomic E-state index is 12.8. The first kappa shape index (κ1) is 20.8. The van der Waals surface area contributed by atoms with Crippen LogP contribution in [0.1, 0.15) is 29.0 Å². The van der Waals surface area contributed by atoms with Crippen LogP contribution in [-0.4, -0.2) is 26.4 Å². The number of carbonyl (C=O) groups excluding carboxylic acids is 1. The smallest absolute Gasteiger partial charge is 0.231 e. The molecule has 5 nitrogen and oxygen atoms in total. The summed E-state index contributed by atoms with van der Waals surface area (Å²) in [6.07, 6.45) is 0. The molecule has 4 aromatic rings. The number of aryl methyl sites for hydroxylation is 1. The predicted octanol–water partition coefficient (Wildman–Crippen LogP) is 5.39. The van der Waals surface area contributed by atoms with Crippen LogP contribution >= 0.6 is 34.4 Å². The third-order valence-electron chi connectivity index (χ3n) is 4.65. The topological polar surface area (TPSA) is 59.8 Å². The summed E-state index contributed by atoms with van der Waals surface area (Å²) in [5.74, 6) is 1.12. The van der Waals surface area contributed by atoms with Crippen LogP contribution < -0.4 is 5.32 Å². The van der Waals surface area contributed by atoms with Crippen LogP contribution in [0.15, 0.2) is 64.4 Å². The molecule has 4 rings (SSSR count). The summed E-state index contributed by atoms with van der Waals surface area (Å²) in [6, 6.07) is 16.3. The standard InChI is InChI=1S/C22H22N4OS3/c1-3-26-21(18-7-5-13-29-18)24-25-22(26)30-14-19(27)23-20(17-6-4-12-28-17)16-10-8-15(2)9-11-16/h4-13,20H,3,14H2,1-2H3,(H,23,27). The van der Waals surface area contributed by atoms with Crippen LogP contribution in [0, 0.1) is 6.92 Å². The second kappa shape index (κ2) is 9.59. The Morgan fingerprint density at radius 2 is 1.87 bits per heavy atom. The highest BCUT2D eigenvalue weighted by Gasteiger charge is 2.20. The Hall–Kier alpha value is -2.42. The van der Waals surface area contributed by atoms with Gasteiger partial charge in [-0.2, -0.15) is 0 Å². The van der Waals surface area contributed by atoms with Crippen molar-refractivity contribution in [1.82, 2.24) is 20.1 Å². The van der Waals surface area contributed by atoms with Crippen molar-refractivity contribution in [2.75, 3.05) is 5.75 Å². The van der Waals surface area contributed by atoms with Gasteiger partial charge in [-0.05, 0) is 42.3 Å². The van der Waals surface area contributed by atoms with E-state index in [4.69, 9.17) is 0 Å². The molecule has 0 saturated heterocycles. The highest BCUT2D eigenvalue weighted by molar-refractivity contribution is 7.99. The van der Waals surface area contributed by atoms with Gasteiger partial charge in [-0.15, -0.1) is 32.9 Å². The zero-order chi connectivity index (χ0) is 20.9. The summed E-state index contributed by atoms with van der Waals surface area (Å²) in [4.78, 5) is 15.0. The van der Waals surface area contributed by atoms with E-state index in [0.29, 0.717) is 0 Å². The van der Waals surface area contributed by atoms with Crippen molar-refractivity contribution in [2.45, 2.75) is 31.6 Å². The number of carbonyl (C=O) groups is 1. The molecule has 0 radical (unpaired) electrons. The van der Waals surface area contributed by atoms with Crippen molar-refractivity contribution in [3.63, 3.8) is 0 Å². The van der Waals surface area contributed by atoms with E-state index in [9.17, 15) is 4.79 Å². The fourth-order valence-corrected chi connectivity index (χ4v) is 5.47. The average Bonchev–Trinajstić information content (AvgIpc) is 3.52. The number of thioether (sulfide) groups is 1. The van der Waals surface area contributed by atoms with Gasteiger partial charge in [-0.1, -0.05) is 53.7 Å². The molecule has 0 bridgehead atoms. The fourth-order valence-electron chi connectivity index (χ4n) is 3.13. The summed E-state index contributed by atoms with van der Waals surface area (Å²) in [5, 5.41) is 16.7. The molecular formula is C22H22N4OS3. The maximum atomic E-state index is 12.8. The van der Waals surface area contributed by atoms with Gasteiger partial charge in [0.1, 0.15) is 0 Å². The van der Waals surface area contributed by atoms with E-state index in [-0.39, 0.29) is 17.7 Å². The van der Waals surface area contributed by atoms with Crippen LogP contribution in [0.3, 0.4) is 0 Å². The third kappa shape index (κ3) is 4.66. The van der Waals surface area contributed by atoms with Gasteiger partial charge in [0.15, 0.2) is 11.0 Å². The Labute approximate surface area is 188 Å². The first-order valence-electron chi connectivity index (χ1n) is 9.65. The van der Waals surface area contributed by atoms with Gasteiger partial charge in [0.05, 0.1) is 16.7 Å². The molecule has 1 N–H and O–H groups in total. The van der Waals surface area contributed by atoms with E-state index in [1.165, 1.54) is 17.3 Å². The lowest BCUT2D eigenvalue weighted by Crippen LogP contribution is -2.30. The Kier molecular flexibility index (Phi) is 6.66. The number of aromatic nitrogens is 3. The molecule has 0 spiro atoms. The number of hydrogen-bond acceptors (Lipinski definition) is 6. The number of amides is 1. The molecule has 0 aliphatic carbocycles. The summed E-state index contributed by atoms with van der Waals surface area (Å²) in [6.45, 7) is 4.88. The SMILES string of the molecule is CCn1c(SCC(=O)NC(c2ccc(C)cc2)c2cccs2)nnc1-c1cccs1. The molecule has 0 aliphatic heterocycles. The van der Waals surface area contributed by atoms with Crippen molar-refractivity contribution >= 4 is 40.3 Å². The number of hydrogen-bond donors (Lipinski definition) is 1. The van der Waals surface area contributed by atoms with Gasteiger partial charge in [0, 0.05) is 11.4 Å². The lowest BCUT2D eigenvalue weighted by molar-refractivity contribution is -0.119. The summed E-state index contributed by atoms with van der Waals surface area (Å²) < 4.78 is 2.06. The van der Waals surface area contributed by atoms with E-state index in [0.717, 1.165) is 32.8 Å². The molecule has 0 fully saturated rings. The second-order valence-electron chi connectivity index (χ2n) is 6.74. The van der Waals surface area contributed by atoms with E-state index >= 15 is 0 Å². The van der Waals surface area contributed by atoms with Crippen molar-refractivity contribution in [1.29, 1.82) is 0 Å². The van der Waals surface area contributed by atoms with Gasteiger partial charge in [0.2, 0.25) is 5.91 Å².